The second-order valence-electron chi connectivity index (χ2n) is 5.09. The Morgan fingerprint density at radius 3 is 2.52 bits per heavy atom. The number of carboxylic acid groups (broad SMARTS) is 1. The normalized spacial score (nSPS) is 22.0. The monoisotopic (exact) mass is 296 g/mol. The van der Waals surface area contributed by atoms with Gasteiger partial charge in [0.15, 0.2) is 0 Å². The molecule has 1 heterocycles. The summed E-state index contributed by atoms with van der Waals surface area (Å²) in [6.07, 6.45) is -0.182. The minimum Gasteiger partial charge on any atom is -0.478 e. The molecule has 114 valence electrons. The number of nitrogens with zero attached hydrogens (tertiary/aromatic N) is 1. The largest absolute Gasteiger partial charge is 0.478 e. The van der Waals surface area contributed by atoms with Crippen molar-refractivity contribution in [3.8, 4) is 0 Å². The maximum Gasteiger partial charge on any atom is 0.337 e. The van der Waals surface area contributed by atoms with Gasteiger partial charge < -0.3 is 20.1 Å². The topological polar surface area (TPSA) is 78.9 Å². The van der Waals surface area contributed by atoms with Gasteiger partial charge in [-0.05, 0) is 32.0 Å². The molecule has 0 aromatic heterocycles. The molecule has 2 rings (SSSR count). The van der Waals surface area contributed by atoms with Gasteiger partial charge >= 0.3 is 12.0 Å². The number of benzene rings is 1. The van der Waals surface area contributed by atoms with Gasteiger partial charge in [0.25, 0.3) is 0 Å². The average molecular weight is 296 g/mol. The van der Waals surface area contributed by atoms with Crippen LogP contribution in [0.15, 0.2) is 18.2 Å². The summed E-state index contributed by atoms with van der Waals surface area (Å²) in [5, 5.41) is 11.6. The first-order valence-electron chi connectivity index (χ1n) is 6.61. The molecule has 2 atom stereocenters. The van der Waals surface area contributed by atoms with Gasteiger partial charge in [-0.3, -0.25) is 0 Å². The summed E-state index contributed by atoms with van der Waals surface area (Å²) in [5.41, 5.74) is -0.210. The van der Waals surface area contributed by atoms with Crippen molar-refractivity contribution in [3.05, 3.63) is 29.6 Å². The summed E-state index contributed by atoms with van der Waals surface area (Å²) >= 11 is 0. The number of anilines is 1. The van der Waals surface area contributed by atoms with E-state index in [1.54, 1.807) is 4.90 Å². The zero-order chi connectivity index (χ0) is 15.6. The van der Waals surface area contributed by atoms with E-state index < -0.39 is 17.8 Å². The van der Waals surface area contributed by atoms with Crippen LogP contribution in [0, 0.1) is 5.82 Å². The van der Waals surface area contributed by atoms with E-state index in [9.17, 15) is 14.0 Å². The molecule has 1 aromatic rings. The van der Waals surface area contributed by atoms with Gasteiger partial charge in [-0.25, -0.2) is 14.0 Å². The number of carbonyl (C=O) groups is 2. The third-order valence-electron chi connectivity index (χ3n) is 3.16. The first kappa shape index (κ1) is 15.2. The standard InChI is InChI=1S/C14H17FN2O4/c1-8-6-17(7-9(2)21-8)14(20)16-12-4-3-10(15)5-11(12)13(18)19/h3-5,8-9H,6-7H2,1-2H3,(H,16,20)(H,18,19). The van der Waals surface area contributed by atoms with Crippen molar-refractivity contribution in [1.29, 1.82) is 0 Å². The van der Waals surface area contributed by atoms with Crippen molar-refractivity contribution in [2.75, 3.05) is 18.4 Å². The molecule has 1 aliphatic heterocycles. The number of rotatable bonds is 2. The van der Waals surface area contributed by atoms with Crippen LogP contribution in [0.4, 0.5) is 14.9 Å². The Morgan fingerprint density at radius 1 is 1.33 bits per heavy atom. The van der Waals surface area contributed by atoms with Crippen molar-refractivity contribution in [1.82, 2.24) is 4.90 Å². The Morgan fingerprint density at radius 2 is 1.95 bits per heavy atom. The summed E-state index contributed by atoms with van der Waals surface area (Å²) in [5.74, 6) is -1.97. The van der Waals surface area contributed by atoms with Crippen molar-refractivity contribution in [3.63, 3.8) is 0 Å². The molecular formula is C14H17FN2O4. The lowest BCUT2D eigenvalue weighted by Gasteiger charge is -2.35. The van der Waals surface area contributed by atoms with Crippen LogP contribution in [0.1, 0.15) is 24.2 Å². The highest BCUT2D eigenvalue weighted by Gasteiger charge is 2.26. The smallest absolute Gasteiger partial charge is 0.337 e. The number of urea groups is 1. The number of nitrogens with one attached hydrogen (secondary N) is 1. The number of ether oxygens (including phenoxy) is 1. The van der Waals surface area contributed by atoms with E-state index in [0.717, 1.165) is 12.1 Å². The molecule has 0 saturated carbocycles. The van der Waals surface area contributed by atoms with E-state index in [1.165, 1.54) is 6.07 Å². The molecule has 1 aliphatic rings. The molecular weight excluding hydrogens is 279 g/mol. The molecule has 0 radical (unpaired) electrons. The summed E-state index contributed by atoms with van der Waals surface area (Å²) in [7, 11) is 0. The first-order chi connectivity index (χ1) is 9.86. The Bertz CT molecular complexity index is 554. The zero-order valence-electron chi connectivity index (χ0n) is 11.8. The van der Waals surface area contributed by atoms with Crippen LogP contribution >= 0.6 is 0 Å². The van der Waals surface area contributed by atoms with Crippen molar-refractivity contribution >= 4 is 17.7 Å². The van der Waals surface area contributed by atoms with Crippen LogP contribution < -0.4 is 5.32 Å². The molecule has 0 spiro atoms. The van der Waals surface area contributed by atoms with E-state index in [0.29, 0.717) is 13.1 Å². The number of carbonyl (C=O) groups excluding carboxylic acids is 1. The van der Waals surface area contributed by atoms with Gasteiger partial charge in [-0.15, -0.1) is 0 Å². The van der Waals surface area contributed by atoms with Gasteiger partial charge in [0, 0.05) is 13.1 Å². The Hall–Kier alpha value is -2.15. The van der Waals surface area contributed by atoms with Crippen LogP contribution in [0.2, 0.25) is 0 Å². The average Bonchev–Trinajstić information content (AvgIpc) is 2.39. The Kier molecular flexibility index (Phi) is 4.42. The van der Waals surface area contributed by atoms with E-state index >= 15 is 0 Å². The summed E-state index contributed by atoms with van der Waals surface area (Å²) < 4.78 is 18.6. The van der Waals surface area contributed by atoms with Gasteiger partial charge in [-0.2, -0.15) is 0 Å². The van der Waals surface area contributed by atoms with E-state index in [2.05, 4.69) is 5.32 Å². The van der Waals surface area contributed by atoms with Crippen molar-refractivity contribution in [2.24, 2.45) is 0 Å². The highest BCUT2D eigenvalue weighted by Crippen LogP contribution is 2.19. The lowest BCUT2D eigenvalue weighted by atomic mass is 10.1. The Labute approximate surface area is 121 Å². The van der Waals surface area contributed by atoms with Crippen LogP contribution in [0.3, 0.4) is 0 Å². The SMILES string of the molecule is CC1CN(C(=O)Nc2ccc(F)cc2C(=O)O)CC(C)O1. The number of amides is 2. The molecule has 2 amide bonds. The second-order valence-corrected chi connectivity index (χ2v) is 5.09. The predicted octanol–water partition coefficient (Wildman–Crippen LogP) is 2.17. The molecule has 1 saturated heterocycles. The van der Waals surface area contributed by atoms with Gasteiger partial charge in [0.05, 0.1) is 23.5 Å². The third-order valence-corrected chi connectivity index (χ3v) is 3.16. The minimum absolute atomic E-state index is 0.0701. The molecule has 0 aliphatic carbocycles. The fourth-order valence-electron chi connectivity index (χ4n) is 2.34. The van der Waals surface area contributed by atoms with E-state index in [1.807, 2.05) is 13.8 Å². The fourth-order valence-corrected chi connectivity index (χ4v) is 2.34. The predicted molar refractivity (Wildman–Crippen MR) is 74.0 cm³/mol. The molecule has 21 heavy (non-hydrogen) atoms. The highest BCUT2D eigenvalue weighted by atomic mass is 19.1. The molecule has 0 bridgehead atoms. The van der Waals surface area contributed by atoms with Crippen molar-refractivity contribution in [2.45, 2.75) is 26.1 Å². The third kappa shape index (κ3) is 3.69. The van der Waals surface area contributed by atoms with E-state index in [4.69, 9.17) is 9.84 Å². The quantitative estimate of drug-likeness (QED) is 0.876. The zero-order valence-corrected chi connectivity index (χ0v) is 11.8. The molecule has 6 nitrogen and oxygen atoms in total. The molecule has 2 N–H and O–H groups in total. The first-order valence-corrected chi connectivity index (χ1v) is 6.61. The second kappa shape index (κ2) is 6.09. The maximum atomic E-state index is 13.1. The molecule has 1 fully saturated rings. The maximum absolute atomic E-state index is 13.1. The number of hydrogen-bond donors (Lipinski definition) is 2. The van der Waals surface area contributed by atoms with Gasteiger partial charge in [-0.1, -0.05) is 0 Å². The Balaban J connectivity index is 2.14. The number of carboxylic acids is 1. The van der Waals surface area contributed by atoms with Crippen LogP contribution in [-0.2, 0) is 4.74 Å². The van der Waals surface area contributed by atoms with Gasteiger partial charge in [0.1, 0.15) is 5.82 Å². The molecule has 1 aromatic carbocycles. The van der Waals surface area contributed by atoms with Crippen LogP contribution in [-0.4, -0.2) is 47.3 Å². The molecule has 7 heteroatoms. The highest BCUT2D eigenvalue weighted by molar-refractivity contribution is 6.00. The minimum atomic E-state index is -1.30. The van der Waals surface area contributed by atoms with E-state index in [-0.39, 0.29) is 23.5 Å². The summed E-state index contributed by atoms with van der Waals surface area (Å²) in [6.45, 7) is 4.55. The van der Waals surface area contributed by atoms with Gasteiger partial charge in [0.2, 0.25) is 0 Å². The number of morpholine rings is 1. The van der Waals surface area contributed by atoms with Crippen molar-refractivity contribution < 1.29 is 23.8 Å². The lowest BCUT2D eigenvalue weighted by molar-refractivity contribution is -0.0530. The fraction of sp³-hybridized carbons (Fsp3) is 0.429. The van der Waals surface area contributed by atoms with Crippen LogP contribution in [0.25, 0.3) is 0 Å². The number of aromatic carboxylic acids is 1. The van der Waals surface area contributed by atoms with Crippen LogP contribution in [0.5, 0.6) is 0 Å². The summed E-state index contributed by atoms with van der Waals surface area (Å²) in [6, 6.07) is 2.80. The number of hydrogen-bond acceptors (Lipinski definition) is 3. The number of halogens is 1. The lowest BCUT2D eigenvalue weighted by Crippen LogP contribution is -2.49. The molecule has 2 unspecified atom stereocenters. The summed E-state index contributed by atoms with van der Waals surface area (Å²) in [4.78, 5) is 24.8.